The minimum Gasteiger partial charge on any atom is -0.808 e. The molecule has 0 saturated carbocycles. The van der Waals surface area contributed by atoms with E-state index in [1.807, 2.05) is 0 Å². The number of ether oxygens (including phenoxy) is 1. The first-order valence-corrected chi connectivity index (χ1v) is 7.29. The van der Waals surface area contributed by atoms with Gasteiger partial charge in [0.05, 0.1) is 0 Å². The molecule has 1 rings (SSSR count). The molecule has 90 valence electrons. The van der Waals surface area contributed by atoms with Gasteiger partial charge < -0.3 is 28.9 Å². The Morgan fingerprint density at radius 1 is 1.06 bits per heavy atom. The van der Waals surface area contributed by atoms with Crippen molar-refractivity contribution in [3.05, 3.63) is 30.3 Å². The Bertz CT molecular complexity index is 420. The van der Waals surface area contributed by atoms with Crippen molar-refractivity contribution >= 4 is 15.2 Å². The van der Waals surface area contributed by atoms with Gasteiger partial charge in [0.2, 0.25) is 5.59 Å². The Balaban J connectivity index is 0. The molecule has 2 N–H and O–H groups in total. The van der Waals surface area contributed by atoms with E-state index < -0.39 is 20.8 Å². The molecule has 0 saturated heterocycles. The van der Waals surface area contributed by atoms with Gasteiger partial charge in [-0.25, -0.2) is 0 Å². The molecule has 0 aliphatic heterocycles. The summed E-state index contributed by atoms with van der Waals surface area (Å²) < 4.78 is 25.9. The molecule has 1 atom stereocenters. The van der Waals surface area contributed by atoms with Gasteiger partial charge in [-0.2, -0.15) is 0 Å². The third-order valence-corrected chi connectivity index (χ3v) is 4.62. The van der Waals surface area contributed by atoms with Gasteiger partial charge in [-0.15, -0.1) is 0 Å². The molecule has 0 aliphatic rings. The SMILES string of the molecule is O=P([O-])([O-])C(Oc1ccccc1)P(=O)(O)O.[Na+].[Na+]. The Morgan fingerprint density at radius 2 is 1.50 bits per heavy atom. The standard InChI is InChI=1S/C7H10O7P2.2Na/c8-15(9,10)7(16(11,12)13)14-6-4-2-1-3-5-6;;/h1-5,7H,(H2,8,9,10)(H2,11,12,13);;/q;2*+1/p-2. The van der Waals surface area contributed by atoms with Crippen LogP contribution < -0.4 is 73.6 Å². The van der Waals surface area contributed by atoms with Crippen LogP contribution in [0, 0.1) is 0 Å². The van der Waals surface area contributed by atoms with Gasteiger partial charge in [0, 0.05) is 0 Å². The van der Waals surface area contributed by atoms with E-state index in [-0.39, 0.29) is 64.9 Å². The van der Waals surface area contributed by atoms with Gasteiger partial charge in [-0.3, -0.25) is 4.57 Å². The van der Waals surface area contributed by atoms with Crippen LogP contribution in [-0.4, -0.2) is 15.4 Å². The molecule has 11 heteroatoms. The topological polar surface area (TPSA) is 130 Å². The Labute approximate surface area is 148 Å². The number of hydrogen-bond acceptors (Lipinski definition) is 5. The third-order valence-electron chi connectivity index (χ3n) is 1.54. The second-order valence-electron chi connectivity index (χ2n) is 2.89. The third kappa shape index (κ3) is 7.20. The van der Waals surface area contributed by atoms with Crippen LogP contribution in [0.4, 0.5) is 0 Å². The van der Waals surface area contributed by atoms with E-state index in [4.69, 9.17) is 9.79 Å². The maximum Gasteiger partial charge on any atom is 1.00 e. The van der Waals surface area contributed by atoms with Crippen LogP contribution in [0.2, 0.25) is 0 Å². The van der Waals surface area contributed by atoms with Crippen molar-refractivity contribution in [2.75, 3.05) is 0 Å². The van der Waals surface area contributed by atoms with Crippen LogP contribution in [0.3, 0.4) is 0 Å². The van der Waals surface area contributed by atoms with Crippen LogP contribution in [0.1, 0.15) is 0 Å². The number of rotatable bonds is 4. The van der Waals surface area contributed by atoms with E-state index in [0.717, 1.165) is 0 Å². The van der Waals surface area contributed by atoms with Crippen LogP contribution in [0.5, 0.6) is 5.75 Å². The van der Waals surface area contributed by atoms with E-state index in [0.29, 0.717) is 0 Å². The second kappa shape index (κ2) is 8.57. The summed E-state index contributed by atoms with van der Waals surface area (Å²) in [6.45, 7) is 0. The van der Waals surface area contributed by atoms with E-state index in [1.165, 1.54) is 24.3 Å². The van der Waals surface area contributed by atoms with E-state index in [2.05, 4.69) is 4.74 Å². The fourth-order valence-electron chi connectivity index (χ4n) is 0.938. The van der Waals surface area contributed by atoms with Crippen molar-refractivity contribution in [1.82, 2.24) is 0 Å². The molecule has 0 amide bonds. The van der Waals surface area contributed by atoms with Crippen molar-refractivity contribution < 1.29 is 92.6 Å². The molecule has 0 aliphatic carbocycles. The first-order chi connectivity index (χ1) is 7.21. The quantitative estimate of drug-likeness (QED) is 0.417. The van der Waals surface area contributed by atoms with Gasteiger partial charge in [-0.1, -0.05) is 18.2 Å². The summed E-state index contributed by atoms with van der Waals surface area (Å²) in [7, 11) is -10.7. The molecule has 7 nitrogen and oxygen atoms in total. The van der Waals surface area contributed by atoms with Crippen molar-refractivity contribution in [2.24, 2.45) is 0 Å². The molecule has 1 aromatic rings. The summed E-state index contributed by atoms with van der Waals surface area (Å²) in [4.78, 5) is 38.7. The summed E-state index contributed by atoms with van der Waals surface area (Å²) in [5, 5.41) is 0. The van der Waals surface area contributed by atoms with E-state index in [1.54, 1.807) is 6.07 Å². The molecule has 0 spiro atoms. The van der Waals surface area contributed by atoms with Crippen LogP contribution in [0.15, 0.2) is 30.3 Å². The smallest absolute Gasteiger partial charge is 0.808 e. The monoisotopic (exact) mass is 312 g/mol. The Hall–Kier alpha value is 1.32. The average molecular weight is 312 g/mol. The largest absolute Gasteiger partial charge is 1.00 e. The predicted octanol–water partition coefficient (Wildman–Crippen LogP) is -6.55. The van der Waals surface area contributed by atoms with E-state index >= 15 is 0 Å². The van der Waals surface area contributed by atoms with Gasteiger partial charge in [0.25, 0.3) is 0 Å². The maximum absolute atomic E-state index is 10.8. The summed E-state index contributed by atoms with van der Waals surface area (Å²) in [5.74, 6) is -0.109. The number of hydrogen-bond donors (Lipinski definition) is 2. The van der Waals surface area contributed by atoms with Crippen molar-refractivity contribution in [1.29, 1.82) is 0 Å². The molecule has 1 unspecified atom stereocenters. The van der Waals surface area contributed by atoms with Crippen LogP contribution >= 0.6 is 15.2 Å². The van der Waals surface area contributed by atoms with Crippen molar-refractivity contribution in [3.63, 3.8) is 0 Å². The molecule has 1 aromatic carbocycles. The van der Waals surface area contributed by atoms with Gasteiger partial charge in [0.1, 0.15) is 5.75 Å². The molecule has 0 fully saturated rings. The van der Waals surface area contributed by atoms with Crippen molar-refractivity contribution in [3.8, 4) is 5.75 Å². The Morgan fingerprint density at radius 3 is 1.83 bits per heavy atom. The molecule has 0 aromatic heterocycles. The molecule has 18 heavy (non-hydrogen) atoms. The van der Waals surface area contributed by atoms with Gasteiger partial charge >= 0.3 is 66.7 Å². The molecule has 0 bridgehead atoms. The first-order valence-electron chi connectivity index (χ1n) is 4.00. The molecule has 0 heterocycles. The molecular weight excluding hydrogens is 304 g/mol. The first kappa shape index (κ1) is 21.6. The zero-order valence-electron chi connectivity index (χ0n) is 9.79. The van der Waals surface area contributed by atoms with Crippen LogP contribution in [-0.2, 0) is 9.13 Å². The molecular formula is C7H8Na2O7P2. The normalized spacial score (nSPS) is 12.9. The predicted molar refractivity (Wildman–Crippen MR) is 50.5 cm³/mol. The minimum absolute atomic E-state index is 0. The average Bonchev–Trinajstić information content (AvgIpc) is 2.12. The van der Waals surface area contributed by atoms with Gasteiger partial charge in [-0.05, 0) is 19.7 Å². The number of para-hydroxylation sites is 1. The maximum atomic E-state index is 10.8. The summed E-state index contributed by atoms with van der Waals surface area (Å²) in [6.07, 6.45) is 0. The zero-order chi connectivity index (χ0) is 12.4. The second-order valence-corrected chi connectivity index (χ2v) is 6.49. The fraction of sp³-hybridized carbons (Fsp3) is 0.143. The van der Waals surface area contributed by atoms with Gasteiger partial charge in [0.15, 0.2) is 0 Å². The summed E-state index contributed by atoms with van der Waals surface area (Å²) in [6, 6.07) is 7.07. The molecule has 0 radical (unpaired) electrons. The van der Waals surface area contributed by atoms with Crippen molar-refractivity contribution in [2.45, 2.75) is 5.59 Å². The fourth-order valence-corrected chi connectivity index (χ4v) is 2.92. The number of benzene rings is 1. The van der Waals surface area contributed by atoms with Crippen LogP contribution in [0.25, 0.3) is 0 Å². The summed E-state index contributed by atoms with van der Waals surface area (Å²) in [5.41, 5.74) is -2.69. The Kier molecular flexibility index (Phi) is 10.3. The zero-order valence-corrected chi connectivity index (χ0v) is 15.6. The van der Waals surface area contributed by atoms with E-state index in [9.17, 15) is 18.9 Å². The minimum atomic E-state index is -5.55. The summed E-state index contributed by atoms with van der Waals surface area (Å²) >= 11 is 0.